The Morgan fingerprint density at radius 1 is 1.33 bits per heavy atom. The molecule has 2 aliphatic rings. The Bertz CT molecular complexity index is 520. The summed E-state index contributed by atoms with van der Waals surface area (Å²) in [6.45, 7) is 2.02. The number of rotatable bonds is 4. The van der Waals surface area contributed by atoms with E-state index >= 15 is 0 Å². The zero-order valence-corrected chi connectivity index (χ0v) is 12.0. The molecule has 1 heterocycles. The van der Waals surface area contributed by atoms with Gasteiger partial charge in [-0.1, -0.05) is 12.1 Å². The molecule has 1 aliphatic carbocycles. The normalized spacial score (nSPS) is 31.7. The van der Waals surface area contributed by atoms with Crippen LogP contribution >= 0.6 is 0 Å². The smallest absolute Gasteiger partial charge is 0.221 e. The van der Waals surface area contributed by atoms with E-state index in [0.717, 1.165) is 31.5 Å². The van der Waals surface area contributed by atoms with Crippen molar-refractivity contribution >= 4 is 5.91 Å². The summed E-state index contributed by atoms with van der Waals surface area (Å²) >= 11 is 0. The molecule has 0 spiro atoms. The zero-order chi connectivity index (χ0) is 14.8. The molecule has 0 radical (unpaired) electrons. The minimum atomic E-state index is -0.425. The number of nitrogens with one attached hydrogen (secondary N) is 1. The molecule has 114 valence electrons. The predicted molar refractivity (Wildman–Crippen MR) is 78.8 cm³/mol. The standard InChI is InChI=1S/C16H22N2O3/c17-16(20)5-10-2-1-3-13(4-10)21-15-7-12-9-18-8-11(12)6-14(15)19/h1-4,11-12,14-15,18-19H,5-9H2,(H2,17,20)/t11-,12+,14+,15+/m0/s1. The lowest BCUT2D eigenvalue weighted by atomic mass is 9.78. The highest BCUT2D eigenvalue weighted by atomic mass is 16.5. The number of hydrogen-bond acceptors (Lipinski definition) is 4. The number of ether oxygens (including phenoxy) is 1. The Labute approximate surface area is 124 Å². The van der Waals surface area contributed by atoms with E-state index in [0.29, 0.717) is 17.6 Å². The van der Waals surface area contributed by atoms with Crippen molar-refractivity contribution in [1.29, 1.82) is 0 Å². The average Bonchev–Trinajstić information content (AvgIpc) is 2.86. The Kier molecular flexibility index (Phi) is 4.12. The predicted octanol–water partition coefficient (Wildman–Crippen LogP) is 0.452. The van der Waals surface area contributed by atoms with Crippen LogP contribution in [0, 0.1) is 11.8 Å². The van der Waals surface area contributed by atoms with Gasteiger partial charge >= 0.3 is 0 Å². The van der Waals surface area contributed by atoms with Gasteiger partial charge in [0.2, 0.25) is 5.91 Å². The molecular formula is C16H22N2O3. The third-order valence-corrected chi connectivity index (χ3v) is 4.55. The van der Waals surface area contributed by atoms with Gasteiger partial charge in [-0.25, -0.2) is 0 Å². The molecular weight excluding hydrogens is 268 g/mol. The van der Waals surface area contributed by atoms with Crippen LogP contribution in [-0.4, -0.2) is 36.3 Å². The van der Waals surface area contributed by atoms with Gasteiger partial charge in [0.05, 0.1) is 12.5 Å². The third-order valence-electron chi connectivity index (χ3n) is 4.55. The first-order valence-electron chi connectivity index (χ1n) is 7.54. The summed E-state index contributed by atoms with van der Waals surface area (Å²) < 4.78 is 5.97. The molecule has 1 aromatic carbocycles. The number of primary amides is 1. The Morgan fingerprint density at radius 2 is 2.10 bits per heavy atom. The van der Waals surface area contributed by atoms with E-state index in [1.54, 1.807) is 0 Å². The highest BCUT2D eigenvalue weighted by molar-refractivity contribution is 5.76. The summed E-state index contributed by atoms with van der Waals surface area (Å²) in [5, 5.41) is 13.6. The van der Waals surface area contributed by atoms with Crippen LogP contribution in [0.5, 0.6) is 5.75 Å². The third kappa shape index (κ3) is 3.36. The van der Waals surface area contributed by atoms with E-state index in [2.05, 4.69) is 5.32 Å². The second-order valence-corrected chi connectivity index (χ2v) is 6.16. The molecule has 1 aliphatic heterocycles. The molecule has 4 N–H and O–H groups in total. The molecule has 21 heavy (non-hydrogen) atoms. The fourth-order valence-corrected chi connectivity index (χ4v) is 3.49. The molecule has 0 bridgehead atoms. The number of hydrogen-bond donors (Lipinski definition) is 3. The van der Waals surface area contributed by atoms with Gasteiger partial charge < -0.3 is 20.9 Å². The SMILES string of the molecule is NC(=O)Cc1cccc(O[C@@H]2C[C@@H]3CNC[C@@H]3C[C@H]2O)c1. The van der Waals surface area contributed by atoms with Crippen LogP contribution in [0.3, 0.4) is 0 Å². The summed E-state index contributed by atoms with van der Waals surface area (Å²) in [6.07, 6.45) is 1.28. The molecule has 1 saturated heterocycles. The minimum Gasteiger partial charge on any atom is -0.488 e. The Hall–Kier alpha value is -1.59. The molecule has 4 atom stereocenters. The first kappa shape index (κ1) is 14.4. The quantitative estimate of drug-likeness (QED) is 0.752. The summed E-state index contributed by atoms with van der Waals surface area (Å²) in [7, 11) is 0. The second-order valence-electron chi connectivity index (χ2n) is 6.16. The average molecular weight is 290 g/mol. The van der Waals surface area contributed by atoms with Crippen molar-refractivity contribution in [3.63, 3.8) is 0 Å². The van der Waals surface area contributed by atoms with Crippen LogP contribution in [0.2, 0.25) is 0 Å². The summed E-state index contributed by atoms with van der Waals surface area (Å²) in [4.78, 5) is 11.0. The molecule has 1 saturated carbocycles. The highest BCUT2D eigenvalue weighted by Crippen LogP contribution is 2.34. The van der Waals surface area contributed by atoms with Gasteiger partial charge in [-0.2, -0.15) is 0 Å². The fraction of sp³-hybridized carbons (Fsp3) is 0.562. The van der Waals surface area contributed by atoms with Crippen molar-refractivity contribution in [3.05, 3.63) is 29.8 Å². The first-order chi connectivity index (χ1) is 10.1. The maximum Gasteiger partial charge on any atom is 0.221 e. The molecule has 1 amide bonds. The maximum atomic E-state index is 11.0. The highest BCUT2D eigenvalue weighted by Gasteiger charge is 2.39. The van der Waals surface area contributed by atoms with Gasteiger partial charge in [0, 0.05) is 0 Å². The first-order valence-corrected chi connectivity index (χ1v) is 7.54. The summed E-state index contributed by atoms with van der Waals surface area (Å²) in [5.74, 6) is 1.50. The maximum absolute atomic E-state index is 11.0. The number of benzene rings is 1. The van der Waals surface area contributed by atoms with Crippen LogP contribution in [0.25, 0.3) is 0 Å². The van der Waals surface area contributed by atoms with E-state index in [1.807, 2.05) is 24.3 Å². The monoisotopic (exact) mass is 290 g/mol. The molecule has 5 nitrogen and oxygen atoms in total. The topological polar surface area (TPSA) is 84.6 Å². The fourth-order valence-electron chi connectivity index (χ4n) is 3.49. The van der Waals surface area contributed by atoms with Crippen molar-refractivity contribution in [3.8, 4) is 5.75 Å². The van der Waals surface area contributed by atoms with Crippen molar-refractivity contribution in [2.45, 2.75) is 31.5 Å². The molecule has 0 aromatic heterocycles. The van der Waals surface area contributed by atoms with Gasteiger partial charge in [0.15, 0.2) is 0 Å². The van der Waals surface area contributed by atoms with Crippen molar-refractivity contribution in [1.82, 2.24) is 5.32 Å². The van der Waals surface area contributed by atoms with Crippen molar-refractivity contribution in [2.24, 2.45) is 17.6 Å². The summed E-state index contributed by atoms with van der Waals surface area (Å²) in [6, 6.07) is 7.39. The van der Waals surface area contributed by atoms with Crippen LogP contribution in [0.1, 0.15) is 18.4 Å². The van der Waals surface area contributed by atoms with Crippen LogP contribution in [0.15, 0.2) is 24.3 Å². The van der Waals surface area contributed by atoms with Crippen LogP contribution in [-0.2, 0) is 11.2 Å². The van der Waals surface area contributed by atoms with E-state index in [9.17, 15) is 9.90 Å². The van der Waals surface area contributed by atoms with Gasteiger partial charge in [0.25, 0.3) is 0 Å². The van der Waals surface area contributed by atoms with Gasteiger partial charge in [-0.3, -0.25) is 4.79 Å². The lowest BCUT2D eigenvalue weighted by molar-refractivity contribution is -0.117. The minimum absolute atomic E-state index is 0.171. The van der Waals surface area contributed by atoms with Gasteiger partial charge in [-0.05, 0) is 55.5 Å². The number of amides is 1. The van der Waals surface area contributed by atoms with E-state index in [-0.39, 0.29) is 18.4 Å². The number of carbonyl (C=O) groups is 1. The molecule has 1 aromatic rings. The van der Waals surface area contributed by atoms with E-state index < -0.39 is 6.10 Å². The van der Waals surface area contributed by atoms with Crippen molar-refractivity contribution < 1.29 is 14.6 Å². The molecule has 2 fully saturated rings. The number of aliphatic hydroxyl groups excluding tert-OH is 1. The number of fused-ring (bicyclic) bond motifs is 1. The lowest BCUT2D eigenvalue weighted by Crippen LogP contribution is -2.42. The second kappa shape index (κ2) is 6.03. The van der Waals surface area contributed by atoms with E-state index in [4.69, 9.17) is 10.5 Å². The Morgan fingerprint density at radius 3 is 2.86 bits per heavy atom. The lowest BCUT2D eigenvalue weighted by Gasteiger charge is -2.35. The van der Waals surface area contributed by atoms with Gasteiger partial charge in [-0.15, -0.1) is 0 Å². The van der Waals surface area contributed by atoms with Gasteiger partial charge in [0.1, 0.15) is 11.9 Å². The van der Waals surface area contributed by atoms with E-state index in [1.165, 1.54) is 0 Å². The molecule has 0 unspecified atom stereocenters. The van der Waals surface area contributed by atoms with Crippen molar-refractivity contribution in [2.75, 3.05) is 13.1 Å². The molecule has 3 rings (SSSR count). The number of carbonyl (C=O) groups excluding carboxylic acids is 1. The van der Waals surface area contributed by atoms with Crippen LogP contribution in [0.4, 0.5) is 0 Å². The summed E-state index contributed by atoms with van der Waals surface area (Å²) in [5.41, 5.74) is 6.05. The number of nitrogens with two attached hydrogens (primary N) is 1. The van der Waals surface area contributed by atoms with Crippen LogP contribution < -0.4 is 15.8 Å². The molecule has 5 heteroatoms. The number of aliphatic hydroxyl groups is 1. The largest absolute Gasteiger partial charge is 0.488 e. The Balaban J connectivity index is 1.66. The zero-order valence-electron chi connectivity index (χ0n) is 12.0.